The Labute approximate surface area is 65.5 Å². The minimum absolute atomic E-state index is 0. The van der Waals surface area contributed by atoms with Crippen LogP contribution in [-0.4, -0.2) is 20.3 Å². The van der Waals surface area contributed by atoms with E-state index in [-0.39, 0.29) is 7.58 Å². The van der Waals surface area contributed by atoms with E-state index in [4.69, 9.17) is 0 Å². The highest BCUT2D eigenvalue weighted by Crippen LogP contribution is 2.06. The van der Waals surface area contributed by atoms with Crippen molar-refractivity contribution in [2.45, 2.75) is 13.8 Å². The highest BCUT2D eigenvalue weighted by atomic mass is 19.5. The van der Waals surface area contributed by atoms with Crippen LogP contribution in [0.2, 0.25) is 0 Å². The van der Waals surface area contributed by atoms with Crippen molar-refractivity contribution in [3.05, 3.63) is 0 Å². The van der Waals surface area contributed by atoms with Gasteiger partial charge in [-0.25, -0.2) is 0 Å². The van der Waals surface area contributed by atoms with Gasteiger partial charge in [-0.2, -0.15) is 0 Å². The van der Waals surface area contributed by atoms with Gasteiger partial charge >= 0.3 is 8.68 Å². The van der Waals surface area contributed by atoms with Gasteiger partial charge in [-0.15, -0.1) is 0 Å². The third kappa shape index (κ3) is 198. The number of hydrogen-bond donors (Lipinski definition) is 2. The Morgan fingerprint density at radius 2 is 1.27 bits per heavy atom. The van der Waals surface area contributed by atoms with Crippen LogP contribution in [0.15, 0.2) is 0 Å². The molecule has 0 spiro atoms. The van der Waals surface area contributed by atoms with E-state index in [9.17, 15) is 17.3 Å². The monoisotopic (exact) mass is 178 g/mol. The van der Waals surface area contributed by atoms with Crippen molar-refractivity contribution in [2.75, 3.05) is 13.1 Å². The smallest absolute Gasteiger partial charge is 0.418 e. The highest BCUT2D eigenvalue weighted by molar-refractivity contribution is 6.50. The molecule has 0 fully saturated rings. The fourth-order valence-electron chi connectivity index (χ4n) is 0.250. The molecule has 0 aromatic carbocycles. The summed E-state index contributed by atoms with van der Waals surface area (Å²) < 4.78 is 39.0. The van der Waals surface area contributed by atoms with Gasteiger partial charge in [-0.1, -0.05) is 13.8 Å². The molecule has 0 aliphatic carbocycles. The van der Waals surface area contributed by atoms with Crippen molar-refractivity contribution in [1.82, 2.24) is 11.5 Å². The molecule has 0 aromatic heterocycles. The van der Waals surface area contributed by atoms with Gasteiger partial charge < -0.3 is 28.7 Å². The van der Waals surface area contributed by atoms with E-state index in [1.807, 2.05) is 0 Å². The first kappa shape index (κ1) is 17.0. The van der Waals surface area contributed by atoms with Gasteiger partial charge in [0.05, 0.1) is 0 Å². The van der Waals surface area contributed by atoms with E-state index >= 15 is 0 Å². The summed E-state index contributed by atoms with van der Waals surface area (Å²) in [6.45, 7) is 6.39. The van der Waals surface area contributed by atoms with Crippen molar-refractivity contribution in [3.63, 3.8) is 0 Å². The second-order valence-electron chi connectivity index (χ2n) is 1.45. The molecule has 0 atom stereocenters. The second kappa shape index (κ2) is 9.70. The van der Waals surface area contributed by atoms with Crippen LogP contribution in [0.1, 0.15) is 15.3 Å². The summed E-state index contributed by atoms with van der Waals surface area (Å²) >= 11 is 0. The van der Waals surface area contributed by atoms with Crippen LogP contribution in [0.25, 0.3) is 0 Å². The molecule has 0 aliphatic heterocycles. The number of nitrogens with one attached hydrogen (secondary N) is 1. The van der Waals surface area contributed by atoms with Crippen molar-refractivity contribution in [2.24, 2.45) is 0 Å². The van der Waals surface area contributed by atoms with Crippen LogP contribution < -0.4 is 11.5 Å². The number of hydrogen-bond acceptors (Lipinski definition) is 2. The third-order valence-electron chi connectivity index (χ3n) is 0.500. The van der Waals surface area contributed by atoms with Crippen LogP contribution in [-0.2, 0) is 0 Å². The molecule has 0 heterocycles. The van der Waals surface area contributed by atoms with Crippen molar-refractivity contribution >= 4 is 7.25 Å². The summed E-state index contributed by atoms with van der Waals surface area (Å²) in [5, 5.41) is 3.11. The fourth-order valence-corrected chi connectivity index (χ4v) is 0.250. The Morgan fingerprint density at radius 3 is 1.27 bits per heavy atom. The fraction of sp³-hybridized carbons (Fsp3) is 1.00. The maximum atomic E-state index is 9.75. The van der Waals surface area contributed by atoms with E-state index in [0.717, 1.165) is 13.1 Å². The average Bonchev–Trinajstić information content (AvgIpc) is 1.63. The van der Waals surface area contributed by atoms with Gasteiger partial charge in [0.25, 0.3) is 0 Å². The largest absolute Gasteiger partial charge is 1.00 e. The molecule has 72 valence electrons. The standard InChI is InChI=1S/C4H11N.BF4.H3N/c1-3-5-4-2;2-1(3,4)5;/h5H,3-4H2,1-2H3;;1H3/q;-1;/p+1. The number of halogens is 4. The second-order valence-corrected chi connectivity index (χ2v) is 1.45. The van der Waals surface area contributed by atoms with Crippen LogP contribution in [0.4, 0.5) is 17.3 Å². The Bertz CT molecular complexity index is 64.6. The van der Waals surface area contributed by atoms with E-state index in [2.05, 4.69) is 19.2 Å². The average molecular weight is 178 g/mol. The van der Waals surface area contributed by atoms with Crippen LogP contribution >= 0.6 is 0 Å². The zero-order valence-corrected chi connectivity index (χ0v) is 6.71. The third-order valence-corrected chi connectivity index (χ3v) is 0.500. The highest BCUT2D eigenvalue weighted by Gasteiger charge is 2.20. The Balaban J connectivity index is -0.0000000457. The van der Waals surface area contributed by atoms with Crippen LogP contribution in [0.5, 0.6) is 0 Å². The van der Waals surface area contributed by atoms with Gasteiger partial charge in [0.15, 0.2) is 0 Å². The molecule has 11 heavy (non-hydrogen) atoms. The summed E-state index contributed by atoms with van der Waals surface area (Å²) in [5.74, 6) is 0. The van der Waals surface area contributed by atoms with Gasteiger partial charge in [0, 0.05) is 0 Å². The van der Waals surface area contributed by atoms with Gasteiger partial charge in [0.2, 0.25) is 0 Å². The van der Waals surface area contributed by atoms with Crippen LogP contribution in [0, 0.1) is 0 Å². The normalized spacial score (nSPS) is 9.27. The van der Waals surface area contributed by atoms with E-state index < -0.39 is 7.25 Å². The minimum atomic E-state index is -6.00. The molecule has 7 heteroatoms. The molecule has 0 saturated carbocycles. The first-order chi connectivity index (χ1) is 4.41. The van der Waals surface area contributed by atoms with Crippen LogP contribution in [0.3, 0.4) is 0 Å². The minimum Gasteiger partial charge on any atom is -0.418 e. The van der Waals surface area contributed by atoms with Gasteiger partial charge in [-0.3, -0.25) is 0 Å². The zero-order chi connectivity index (χ0) is 8.62. The molecule has 0 unspecified atom stereocenters. The molecular weight excluding hydrogens is 163 g/mol. The van der Waals surface area contributed by atoms with Crippen molar-refractivity contribution in [1.29, 1.82) is 0 Å². The molecule has 0 aliphatic rings. The predicted octanol–water partition coefficient (Wildman–Crippen LogP) is 2.19. The summed E-state index contributed by atoms with van der Waals surface area (Å²) in [4.78, 5) is 0. The molecule has 0 rings (SSSR count). The lowest BCUT2D eigenvalue weighted by Crippen LogP contribution is -2.09. The van der Waals surface area contributed by atoms with Crippen molar-refractivity contribution < 1.29 is 18.7 Å². The SMILES string of the molecule is CCNCC.F[B-](F)(F)F.N.[H+]. The Kier molecular flexibility index (Phi) is 15.0. The molecule has 2 nitrogen and oxygen atoms in total. The Hall–Kier alpha value is -0.295. The molecular formula is C4H15BF4N2. The quantitative estimate of drug-likeness (QED) is 0.502. The molecule has 0 saturated heterocycles. The lowest BCUT2D eigenvalue weighted by molar-refractivity contribution is 0.368. The lowest BCUT2D eigenvalue weighted by Gasteiger charge is -1.94. The maximum absolute atomic E-state index is 9.75. The Morgan fingerprint density at radius 1 is 1.09 bits per heavy atom. The zero-order valence-electron chi connectivity index (χ0n) is 7.71. The summed E-state index contributed by atoms with van der Waals surface area (Å²) in [5.41, 5.74) is 0. The van der Waals surface area contributed by atoms with E-state index in [1.54, 1.807) is 0 Å². The topological polar surface area (TPSA) is 47.0 Å². The molecule has 0 radical (unpaired) electrons. The molecule has 4 N–H and O–H groups in total. The summed E-state index contributed by atoms with van der Waals surface area (Å²) in [6, 6.07) is 0. The number of rotatable bonds is 2. The van der Waals surface area contributed by atoms with E-state index in [0.29, 0.717) is 0 Å². The van der Waals surface area contributed by atoms with Crippen molar-refractivity contribution in [3.8, 4) is 0 Å². The molecule has 0 bridgehead atoms. The summed E-state index contributed by atoms with van der Waals surface area (Å²) in [6.07, 6.45) is 0. The first-order valence-electron chi connectivity index (χ1n) is 2.99. The predicted molar refractivity (Wildman–Crippen MR) is 40.5 cm³/mol. The molecule has 0 amide bonds. The van der Waals surface area contributed by atoms with Gasteiger partial charge in [-0.05, 0) is 13.1 Å². The lowest BCUT2D eigenvalue weighted by atomic mass is 10.3. The summed E-state index contributed by atoms with van der Waals surface area (Å²) in [7, 11) is -6.00. The first-order valence-corrected chi connectivity index (χ1v) is 2.99. The van der Waals surface area contributed by atoms with E-state index in [1.165, 1.54) is 0 Å². The van der Waals surface area contributed by atoms with Gasteiger partial charge in [0.1, 0.15) is 0 Å². The maximum Gasteiger partial charge on any atom is 1.00 e. The molecule has 0 aromatic rings.